The maximum atomic E-state index is 12.6. The Bertz CT molecular complexity index is 460. The molecule has 17 heavy (non-hydrogen) atoms. The van der Waals surface area contributed by atoms with E-state index in [-0.39, 0.29) is 57.9 Å². The predicted octanol–water partition coefficient (Wildman–Crippen LogP) is 0.468. The molecule has 0 bridgehead atoms. The molecule has 0 radical (unpaired) electrons. The van der Waals surface area contributed by atoms with Gasteiger partial charge in [-0.2, -0.15) is 0 Å². The maximum absolute atomic E-state index is 12.6. The van der Waals surface area contributed by atoms with E-state index in [1.54, 1.807) is 6.92 Å². The largest absolute Gasteiger partial charge is 1.00 e. The molecule has 0 atom stereocenters. The van der Waals surface area contributed by atoms with Crippen molar-refractivity contribution in [3.05, 3.63) is 37.3 Å². The molecule has 0 N–H and O–H groups in total. The van der Waals surface area contributed by atoms with E-state index in [4.69, 9.17) is 5.53 Å². The Morgan fingerprint density at radius 2 is 2.00 bits per heavy atom. The Hall–Kier alpha value is 0.751. The molecule has 0 saturated carbocycles. The molecule has 0 heterocycles. The molecule has 1 rings (SSSR count). The van der Waals surface area contributed by atoms with Gasteiger partial charge in [-0.15, -0.1) is 5.46 Å². The number of hydrogen-bond acceptors (Lipinski definition) is 1. The zero-order valence-electron chi connectivity index (χ0n) is 9.29. The minimum Gasteiger partial charge on any atom is -0.445 e. The summed E-state index contributed by atoms with van der Waals surface area (Å²) in [5.41, 5.74) is 8.64. The van der Waals surface area contributed by atoms with Crippen molar-refractivity contribution in [2.24, 2.45) is 5.11 Å². The second-order valence-electron chi connectivity index (χ2n) is 3.25. The fraction of sp³-hybridized carbons (Fsp3) is 0.250. The van der Waals surface area contributed by atoms with E-state index < -0.39 is 12.4 Å². The number of rotatable bonds is 3. The second-order valence-corrected chi connectivity index (χ2v) is 4.41. The SMILES string of the molecule is Cc1c(I)cc([B-](F)(F)F)cc1CN=[N+]=[N-].[K+]. The van der Waals surface area contributed by atoms with E-state index in [0.717, 1.165) is 17.7 Å². The van der Waals surface area contributed by atoms with Crippen LogP contribution < -0.4 is 56.8 Å². The zero-order chi connectivity index (χ0) is 12.3. The van der Waals surface area contributed by atoms with Crippen LogP contribution in [0.25, 0.3) is 10.4 Å². The van der Waals surface area contributed by atoms with Gasteiger partial charge in [0.2, 0.25) is 0 Å². The molecule has 0 fully saturated rings. The van der Waals surface area contributed by atoms with Crippen LogP contribution in [0.2, 0.25) is 0 Å². The van der Waals surface area contributed by atoms with Gasteiger partial charge < -0.3 is 12.9 Å². The van der Waals surface area contributed by atoms with E-state index >= 15 is 0 Å². The van der Waals surface area contributed by atoms with Gasteiger partial charge >= 0.3 is 58.4 Å². The van der Waals surface area contributed by atoms with Crippen LogP contribution in [-0.4, -0.2) is 6.98 Å². The number of azide groups is 1. The summed E-state index contributed by atoms with van der Waals surface area (Å²) >= 11 is 1.84. The molecule has 0 unspecified atom stereocenters. The Morgan fingerprint density at radius 3 is 2.47 bits per heavy atom. The second kappa shape index (κ2) is 7.37. The van der Waals surface area contributed by atoms with Crippen molar-refractivity contribution in [3.8, 4) is 0 Å². The summed E-state index contributed by atoms with van der Waals surface area (Å²) in [4.78, 5) is 2.54. The van der Waals surface area contributed by atoms with Crippen molar-refractivity contribution in [1.29, 1.82) is 0 Å². The molecule has 1 aromatic carbocycles. The molecule has 9 heteroatoms. The van der Waals surface area contributed by atoms with Gasteiger partial charge in [-0.25, -0.2) is 0 Å². The molecule has 0 amide bonds. The number of nitrogens with zero attached hydrogens (tertiary/aromatic N) is 3. The van der Waals surface area contributed by atoms with Crippen LogP contribution in [0.1, 0.15) is 11.1 Å². The van der Waals surface area contributed by atoms with E-state index in [1.165, 1.54) is 0 Å². The molecule has 0 aliphatic carbocycles. The predicted molar refractivity (Wildman–Crippen MR) is 65.5 cm³/mol. The topological polar surface area (TPSA) is 48.8 Å². The van der Waals surface area contributed by atoms with Gasteiger partial charge in [-0.3, -0.25) is 0 Å². The van der Waals surface area contributed by atoms with Gasteiger partial charge in [0.25, 0.3) is 0 Å². The van der Waals surface area contributed by atoms with Gasteiger partial charge in [-0.1, -0.05) is 17.2 Å². The van der Waals surface area contributed by atoms with Crippen molar-refractivity contribution < 1.29 is 64.3 Å². The number of benzene rings is 1. The number of halogens is 4. The zero-order valence-corrected chi connectivity index (χ0v) is 14.6. The van der Waals surface area contributed by atoms with Crippen molar-refractivity contribution in [2.45, 2.75) is 13.5 Å². The smallest absolute Gasteiger partial charge is 0.445 e. The fourth-order valence-corrected chi connectivity index (χ4v) is 1.93. The molecule has 0 spiro atoms. The summed E-state index contributed by atoms with van der Waals surface area (Å²) in [5, 5.41) is 3.28. The van der Waals surface area contributed by atoms with Gasteiger partial charge in [0, 0.05) is 8.48 Å². The monoisotopic (exact) mass is 379 g/mol. The molecule has 0 aliphatic rings. The van der Waals surface area contributed by atoms with Gasteiger partial charge in [0.05, 0.1) is 6.54 Å². The van der Waals surface area contributed by atoms with Crippen molar-refractivity contribution in [3.63, 3.8) is 0 Å². The fourth-order valence-electron chi connectivity index (χ4n) is 1.22. The van der Waals surface area contributed by atoms with Crippen molar-refractivity contribution >= 4 is 35.0 Å². The summed E-state index contributed by atoms with van der Waals surface area (Å²) in [7, 11) is 0. The van der Waals surface area contributed by atoms with Gasteiger partial charge in [-0.05, 0) is 46.2 Å². The van der Waals surface area contributed by atoms with E-state index in [2.05, 4.69) is 10.0 Å². The first-order valence-corrected chi connectivity index (χ1v) is 5.44. The molecule has 86 valence electrons. The van der Waals surface area contributed by atoms with E-state index in [1.807, 2.05) is 22.6 Å². The summed E-state index contributed by atoms with van der Waals surface area (Å²) in [6.45, 7) is -3.37. The molecular weight excluding hydrogens is 372 g/mol. The van der Waals surface area contributed by atoms with Crippen LogP contribution in [-0.2, 0) is 6.54 Å². The first kappa shape index (κ1) is 17.8. The molecule has 0 aromatic heterocycles. The van der Waals surface area contributed by atoms with Crippen LogP contribution in [0, 0.1) is 10.5 Å². The quantitative estimate of drug-likeness (QED) is 0.241. The maximum Gasteiger partial charge on any atom is 1.00 e. The van der Waals surface area contributed by atoms with Gasteiger partial charge in [0.1, 0.15) is 0 Å². The minimum atomic E-state index is -5.02. The first-order chi connectivity index (χ1) is 7.36. The molecule has 1 aromatic rings. The molecule has 3 nitrogen and oxygen atoms in total. The third-order valence-electron chi connectivity index (χ3n) is 2.16. The van der Waals surface area contributed by atoms with Crippen molar-refractivity contribution in [1.82, 2.24) is 0 Å². The Balaban J connectivity index is 0.00000256. The Kier molecular flexibility index (Phi) is 7.69. The van der Waals surface area contributed by atoms with Crippen LogP contribution in [0.5, 0.6) is 0 Å². The Morgan fingerprint density at radius 1 is 1.41 bits per heavy atom. The van der Waals surface area contributed by atoms with E-state index in [0.29, 0.717) is 9.13 Å². The van der Waals surface area contributed by atoms with Crippen LogP contribution in [0.4, 0.5) is 12.9 Å². The Labute approximate surface area is 153 Å². The summed E-state index contributed by atoms with van der Waals surface area (Å²) in [6.07, 6.45) is 0. The van der Waals surface area contributed by atoms with Crippen LogP contribution in [0.3, 0.4) is 0 Å². The average molecular weight is 379 g/mol. The normalized spacial score (nSPS) is 10.4. The number of hydrogen-bond donors (Lipinski definition) is 0. The molecule has 0 saturated heterocycles. The standard InChI is InChI=1S/C8H7BF3IN3.K/c1-5-6(4-15-16-14)2-7(3-8(5)13)9(10,11)12;/h2-3H,4H2,1H3;/q-1;+1. The molecular formula is C8H7BF3IKN3. The summed E-state index contributed by atoms with van der Waals surface area (Å²) in [5.74, 6) is 0. The average Bonchev–Trinajstić information content (AvgIpc) is 2.18. The third-order valence-corrected chi connectivity index (χ3v) is 3.28. The minimum absolute atomic E-state index is 0. The van der Waals surface area contributed by atoms with Crippen LogP contribution in [0.15, 0.2) is 17.2 Å². The third kappa shape index (κ3) is 5.09. The van der Waals surface area contributed by atoms with Gasteiger partial charge in [0.15, 0.2) is 0 Å². The summed E-state index contributed by atoms with van der Waals surface area (Å²) in [6, 6.07) is 2.15. The van der Waals surface area contributed by atoms with E-state index in [9.17, 15) is 12.9 Å². The van der Waals surface area contributed by atoms with Crippen LogP contribution >= 0.6 is 22.6 Å². The van der Waals surface area contributed by atoms with Crippen molar-refractivity contribution in [2.75, 3.05) is 0 Å². The first-order valence-electron chi connectivity index (χ1n) is 4.36. The summed E-state index contributed by atoms with van der Waals surface area (Å²) < 4.78 is 38.2. The molecule has 0 aliphatic heterocycles.